The van der Waals surface area contributed by atoms with Crippen molar-refractivity contribution in [3.8, 4) is 11.3 Å². The van der Waals surface area contributed by atoms with Crippen molar-refractivity contribution in [1.82, 2.24) is 19.0 Å². The minimum absolute atomic E-state index is 0.0540. The van der Waals surface area contributed by atoms with Crippen LogP contribution < -0.4 is 11.5 Å². The van der Waals surface area contributed by atoms with Crippen LogP contribution in [0.3, 0.4) is 0 Å². The number of fused-ring (bicyclic) bond motifs is 2. The van der Waals surface area contributed by atoms with E-state index in [4.69, 9.17) is 8.83 Å². The molecule has 3 heterocycles. The smallest absolute Gasteiger partial charge is 0.408 e. The van der Waals surface area contributed by atoms with Gasteiger partial charge in [-0.3, -0.25) is 23.8 Å². The zero-order chi connectivity index (χ0) is 24.0. The zero-order valence-electron chi connectivity index (χ0n) is 18.9. The molecule has 0 unspecified atom stereocenters. The summed E-state index contributed by atoms with van der Waals surface area (Å²) in [6.45, 7) is 0.755. The molecule has 0 atom stereocenters. The third kappa shape index (κ3) is 3.86. The standard InChI is InChI=1S/C25H22N4O5/c1-27(14-21(30)17-6-9-23-20(11-17)29(3)25(32)34-23)13-15-4-7-18(26-12-15)16-5-8-22-19(10-16)28(2)24(31)33-22/h4-12H,13-14H2,1-3H3. The SMILES string of the molecule is CN(CC(=O)c1ccc2oc(=O)n(C)c2c1)Cc1ccc(-c2ccc3oc(=O)n(C)c3c2)nc1. The Morgan fingerprint density at radius 3 is 2.21 bits per heavy atom. The Kier molecular flexibility index (Phi) is 5.25. The number of Topliss-reactive ketones (excluding diaryl/α,β-unsaturated/α-hetero) is 1. The van der Waals surface area contributed by atoms with Crippen molar-refractivity contribution in [3.63, 3.8) is 0 Å². The highest BCUT2D eigenvalue weighted by molar-refractivity contribution is 6.00. The van der Waals surface area contributed by atoms with Crippen molar-refractivity contribution in [3.05, 3.63) is 87.0 Å². The normalized spacial score (nSPS) is 11.6. The highest BCUT2D eigenvalue weighted by atomic mass is 16.4. The topological polar surface area (TPSA) is 103 Å². The number of carbonyl (C=O) groups is 1. The molecule has 172 valence electrons. The number of nitrogens with zero attached hydrogens (tertiary/aromatic N) is 4. The van der Waals surface area contributed by atoms with E-state index in [1.165, 1.54) is 9.13 Å². The van der Waals surface area contributed by atoms with Gasteiger partial charge in [-0.1, -0.05) is 6.07 Å². The van der Waals surface area contributed by atoms with Gasteiger partial charge in [0.1, 0.15) is 0 Å². The number of aryl methyl sites for hydroxylation is 2. The molecule has 2 aromatic carbocycles. The first kappa shape index (κ1) is 21.6. The molecular formula is C25H22N4O5. The molecule has 3 aromatic heterocycles. The van der Waals surface area contributed by atoms with Gasteiger partial charge in [0.2, 0.25) is 0 Å². The lowest BCUT2D eigenvalue weighted by atomic mass is 10.1. The molecule has 0 spiro atoms. The Morgan fingerprint density at radius 1 is 0.912 bits per heavy atom. The van der Waals surface area contributed by atoms with E-state index in [1.807, 2.05) is 36.2 Å². The first-order valence-electron chi connectivity index (χ1n) is 10.7. The van der Waals surface area contributed by atoms with E-state index in [9.17, 15) is 14.4 Å². The minimum atomic E-state index is -0.457. The van der Waals surface area contributed by atoms with Crippen LogP contribution in [0, 0.1) is 0 Å². The van der Waals surface area contributed by atoms with Gasteiger partial charge in [0, 0.05) is 38.0 Å². The van der Waals surface area contributed by atoms with Gasteiger partial charge in [-0.05, 0) is 55.1 Å². The lowest BCUT2D eigenvalue weighted by molar-refractivity contribution is 0.0943. The van der Waals surface area contributed by atoms with Gasteiger partial charge in [0.25, 0.3) is 0 Å². The van der Waals surface area contributed by atoms with Crippen molar-refractivity contribution in [2.75, 3.05) is 13.6 Å². The number of likely N-dealkylation sites (N-methyl/N-ethyl adjacent to an activating group) is 1. The molecule has 0 saturated heterocycles. The van der Waals surface area contributed by atoms with Crippen LogP contribution in [0.4, 0.5) is 0 Å². The number of hydrogen-bond acceptors (Lipinski definition) is 7. The fraction of sp³-hybridized carbons (Fsp3) is 0.200. The van der Waals surface area contributed by atoms with E-state index in [0.29, 0.717) is 34.3 Å². The van der Waals surface area contributed by atoms with Gasteiger partial charge in [-0.15, -0.1) is 0 Å². The molecule has 0 N–H and O–H groups in total. The monoisotopic (exact) mass is 458 g/mol. The van der Waals surface area contributed by atoms with E-state index in [-0.39, 0.29) is 12.3 Å². The third-order valence-electron chi connectivity index (χ3n) is 5.89. The Morgan fingerprint density at radius 2 is 1.56 bits per heavy atom. The summed E-state index contributed by atoms with van der Waals surface area (Å²) in [5.74, 6) is -0.912. The molecule has 0 aliphatic rings. The summed E-state index contributed by atoms with van der Waals surface area (Å²) in [5, 5.41) is 0. The van der Waals surface area contributed by atoms with E-state index in [2.05, 4.69) is 4.98 Å². The Hall–Kier alpha value is -4.24. The number of oxazole rings is 2. The fourth-order valence-electron chi connectivity index (χ4n) is 3.98. The van der Waals surface area contributed by atoms with Gasteiger partial charge in [-0.25, -0.2) is 9.59 Å². The second kappa shape index (κ2) is 8.27. The Balaban J connectivity index is 1.28. The molecule has 5 rings (SSSR count). The van der Waals surface area contributed by atoms with Gasteiger partial charge in [0.15, 0.2) is 16.9 Å². The summed E-state index contributed by atoms with van der Waals surface area (Å²) in [6, 6.07) is 14.4. The average molecular weight is 458 g/mol. The number of ketones is 1. The fourth-order valence-corrected chi connectivity index (χ4v) is 3.98. The number of pyridine rings is 1. The molecule has 9 nitrogen and oxygen atoms in total. The summed E-state index contributed by atoms with van der Waals surface area (Å²) in [5.41, 5.74) is 5.43. The number of hydrogen-bond donors (Lipinski definition) is 0. The highest BCUT2D eigenvalue weighted by Gasteiger charge is 2.14. The van der Waals surface area contributed by atoms with Crippen LogP contribution in [-0.4, -0.2) is 38.4 Å². The van der Waals surface area contributed by atoms with E-state index in [0.717, 1.165) is 16.8 Å². The van der Waals surface area contributed by atoms with Crippen molar-refractivity contribution in [2.24, 2.45) is 14.1 Å². The average Bonchev–Trinajstić information content (AvgIpc) is 3.28. The molecule has 5 aromatic rings. The van der Waals surface area contributed by atoms with Crippen molar-refractivity contribution >= 4 is 28.0 Å². The molecule has 0 aliphatic heterocycles. The van der Waals surface area contributed by atoms with Crippen LogP contribution in [-0.2, 0) is 20.6 Å². The van der Waals surface area contributed by atoms with Crippen molar-refractivity contribution in [1.29, 1.82) is 0 Å². The first-order chi connectivity index (χ1) is 16.3. The van der Waals surface area contributed by atoms with Crippen LogP contribution in [0.25, 0.3) is 33.5 Å². The van der Waals surface area contributed by atoms with Crippen LogP contribution in [0.1, 0.15) is 15.9 Å². The molecule has 0 amide bonds. The maximum atomic E-state index is 12.8. The molecule has 34 heavy (non-hydrogen) atoms. The van der Waals surface area contributed by atoms with Gasteiger partial charge in [0.05, 0.1) is 23.3 Å². The summed E-state index contributed by atoms with van der Waals surface area (Å²) in [7, 11) is 5.14. The molecule has 0 bridgehead atoms. The van der Waals surface area contributed by atoms with Gasteiger partial charge in [-0.2, -0.15) is 0 Å². The third-order valence-corrected chi connectivity index (χ3v) is 5.89. The lowest BCUT2D eigenvalue weighted by Gasteiger charge is -2.16. The van der Waals surface area contributed by atoms with Crippen LogP contribution >= 0.6 is 0 Å². The Bertz CT molecular complexity index is 1650. The number of aromatic nitrogens is 3. The molecule has 0 aliphatic carbocycles. The highest BCUT2D eigenvalue weighted by Crippen LogP contribution is 2.23. The van der Waals surface area contributed by atoms with Crippen LogP contribution in [0.2, 0.25) is 0 Å². The summed E-state index contributed by atoms with van der Waals surface area (Å²) in [6.07, 6.45) is 1.78. The van der Waals surface area contributed by atoms with E-state index >= 15 is 0 Å². The van der Waals surface area contributed by atoms with E-state index in [1.54, 1.807) is 44.6 Å². The molecular weight excluding hydrogens is 436 g/mol. The minimum Gasteiger partial charge on any atom is -0.408 e. The molecule has 9 heteroatoms. The van der Waals surface area contributed by atoms with Crippen LogP contribution in [0.15, 0.2) is 73.2 Å². The van der Waals surface area contributed by atoms with E-state index < -0.39 is 11.5 Å². The zero-order valence-corrected chi connectivity index (χ0v) is 18.9. The molecule has 0 radical (unpaired) electrons. The number of benzene rings is 2. The number of carbonyl (C=O) groups excluding carboxylic acids is 1. The second-order valence-electron chi connectivity index (χ2n) is 8.37. The van der Waals surface area contributed by atoms with Crippen LogP contribution in [0.5, 0.6) is 0 Å². The largest absolute Gasteiger partial charge is 0.419 e. The first-order valence-corrected chi connectivity index (χ1v) is 10.7. The van der Waals surface area contributed by atoms with Gasteiger partial charge < -0.3 is 8.83 Å². The summed E-state index contributed by atoms with van der Waals surface area (Å²) in [4.78, 5) is 42.6. The Labute approximate surface area is 193 Å². The van der Waals surface area contributed by atoms with Crippen molar-refractivity contribution in [2.45, 2.75) is 6.54 Å². The quantitative estimate of drug-likeness (QED) is 0.360. The number of rotatable bonds is 6. The maximum Gasteiger partial charge on any atom is 0.419 e. The predicted molar refractivity (Wildman–Crippen MR) is 127 cm³/mol. The lowest BCUT2D eigenvalue weighted by Crippen LogP contribution is -2.25. The molecule has 0 fully saturated rings. The van der Waals surface area contributed by atoms with Crippen molar-refractivity contribution < 1.29 is 13.6 Å². The maximum absolute atomic E-state index is 12.8. The molecule has 0 saturated carbocycles. The predicted octanol–water partition coefficient (Wildman–Crippen LogP) is 2.95. The van der Waals surface area contributed by atoms with Gasteiger partial charge >= 0.3 is 11.5 Å². The summed E-state index contributed by atoms with van der Waals surface area (Å²) >= 11 is 0. The summed E-state index contributed by atoms with van der Waals surface area (Å²) < 4.78 is 13.1. The second-order valence-corrected chi connectivity index (χ2v) is 8.37.